The molecule has 1 N–H and O–H groups in total. The van der Waals surface area contributed by atoms with Gasteiger partial charge in [0.1, 0.15) is 29.6 Å². The van der Waals surface area contributed by atoms with Crippen molar-refractivity contribution in [1.29, 1.82) is 0 Å². The van der Waals surface area contributed by atoms with E-state index < -0.39 is 0 Å². The van der Waals surface area contributed by atoms with Crippen LogP contribution in [0.25, 0.3) is 11.4 Å². The fourth-order valence-corrected chi connectivity index (χ4v) is 3.60. The van der Waals surface area contributed by atoms with Crippen LogP contribution in [0, 0.1) is 13.8 Å². The van der Waals surface area contributed by atoms with E-state index in [9.17, 15) is 0 Å². The molecule has 4 aromatic rings. The first kappa shape index (κ1) is 22.3. The minimum absolute atomic E-state index is 0.588. The summed E-state index contributed by atoms with van der Waals surface area (Å²) in [5.74, 6) is 2.60. The zero-order valence-electron chi connectivity index (χ0n) is 19.5. The van der Waals surface area contributed by atoms with Gasteiger partial charge in [-0.25, -0.2) is 15.0 Å². The molecular formula is C26H24N8O. The lowest BCUT2D eigenvalue weighted by Crippen LogP contribution is -2.02. The molecular weight excluding hydrogens is 440 g/mol. The van der Waals surface area contributed by atoms with Gasteiger partial charge in [-0.3, -0.25) is 4.98 Å². The highest BCUT2D eigenvalue weighted by Gasteiger charge is 2.14. The Balaban J connectivity index is 1.33. The monoisotopic (exact) mass is 464 g/mol. The molecule has 0 saturated carbocycles. The predicted octanol–water partition coefficient (Wildman–Crippen LogP) is 5.84. The maximum atomic E-state index is 6.26. The number of aryl methyl sites for hydroxylation is 3. The Bertz CT molecular complexity index is 1400. The fourth-order valence-electron chi connectivity index (χ4n) is 3.60. The van der Waals surface area contributed by atoms with Crippen molar-refractivity contribution in [2.24, 2.45) is 15.4 Å². The lowest BCUT2D eigenvalue weighted by atomic mass is 10.1. The summed E-state index contributed by atoms with van der Waals surface area (Å²) in [6, 6.07) is 15.4. The summed E-state index contributed by atoms with van der Waals surface area (Å²) in [5.41, 5.74) is 5.56. The topological polar surface area (TPSA) is 110 Å². The third kappa shape index (κ3) is 5.52. The van der Waals surface area contributed by atoms with Crippen LogP contribution in [-0.2, 0) is 6.42 Å². The second kappa shape index (κ2) is 10.2. The van der Waals surface area contributed by atoms with Crippen LogP contribution in [0.1, 0.15) is 23.2 Å². The van der Waals surface area contributed by atoms with Gasteiger partial charge in [0.25, 0.3) is 0 Å². The lowest BCUT2D eigenvalue weighted by Gasteiger charge is -2.13. The molecule has 5 rings (SSSR count). The molecule has 174 valence electrons. The summed E-state index contributed by atoms with van der Waals surface area (Å²) in [6.07, 6.45) is 6.89. The molecule has 0 spiro atoms. The second-order valence-electron chi connectivity index (χ2n) is 8.16. The smallest absolute Gasteiger partial charge is 0.155 e. The summed E-state index contributed by atoms with van der Waals surface area (Å²) >= 11 is 0. The van der Waals surface area contributed by atoms with Crippen LogP contribution in [0.3, 0.4) is 0 Å². The Hall–Kier alpha value is -4.53. The van der Waals surface area contributed by atoms with E-state index in [0.29, 0.717) is 35.4 Å². The van der Waals surface area contributed by atoms with Gasteiger partial charge in [0.2, 0.25) is 0 Å². The molecule has 35 heavy (non-hydrogen) atoms. The molecule has 0 bridgehead atoms. The van der Waals surface area contributed by atoms with Gasteiger partial charge in [-0.05, 0) is 79.4 Å². The van der Waals surface area contributed by atoms with Crippen molar-refractivity contribution >= 4 is 17.3 Å². The maximum Gasteiger partial charge on any atom is 0.155 e. The van der Waals surface area contributed by atoms with Crippen LogP contribution >= 0.6 is 0 Å². The largest absolute Gasteiger partial charge is 0.455 e. The van der Waals surface area contributed by atoms with Crippen LogP contribution in [0.5, 0.6) is 11.5 Å². The van der Waals surface area contributed by atoms with E-state index in [1.54, 1.807) is 18.6 Å². The van der Waals surface area contributed by atoms with Crippen LogP contribution in [0.2, 0.25) is 0 Å². The van der Waals surface area contributed by atoms with E-state index in [0.717, 1.165) is 41.1 Å². The van der Waals surface area contributed by atoms with Crippen molar-refractivity contribution in [3.05, 3.63) is 83.9 Å². The van der Waals surface area contributed by atoms with Gasteiger partial charge in [0.15, 0.2) is 5.75 Å². The van der Waals surface area contributed by atoms with E-state index in [1.165, 1.54) is 0 Å². The summed E-state index contributed by atoms with van der Waals surface area (Å²) in [5, 5.41) is 14.9. The first-order chi connectivity index (χ1) is 17.1. The number of pyridine rings is 4. The maximum absolute atomic E-state index is 6.26. The van der Waals surface area contributed by atoms with E-state index in [2.05, 4.69) is 35.7 Å². The van der Waals surface area contributed by atoms with Gasteiger partial charge >= 0.3 is 0 Å². The number of rotatable bonds is 8. The van der Waals surface area contributed by atoms with Gasteiger partial charge < -0.3 is 10.1 Å². The van der Waals surface area contributed by atoms with Crippen LogP contribution in [0.15, 0.2) is 82.6 Å². The summed E-state index contributed by atoms with van der Waals surface area (Å²) in [6.45, 7) is 4.58. The zero-order chi connectivity index (χ0) is 24.0. The molecule has 1 aliphatic rings. The number of nitrogens with one attached hydrogen (secondary N) is 1. The minimum atomic E-state index is 0.588. The lowest BCUT2D eigenvalue weighted by molar-refractivity contribution is 0.481. The van der Waals surface area contributed by atoms with Crippen LogP contribution < -0.4 is 10.1 Å². The highest BCUT2D eigenvalue weighted by Crippen LogP contribution is 2.33. The molecule has 0 radical (unpaired) electrons. The number of ether oxygens (including phenoxy) is 1. The fraction of sp³-hybridized carbons (Fsp3) is 0.192. The number of anilines is 2. The number of hydrogen-bond donors (Lipinski definition) is 1. The van der Waals surface area contributed by atoms with E-state index in [-0.39, 0.29) is 0 Å². The first-order valence-electron chi connectivity index (χ1n) is 11.3. The standard InChI is InChI=1S/C26H24N8O/c1-17-13-23(26(31-18(17)2)22-5-3-4-10-27-22)35-21-9-12-29-25(15-21)32-24-14-19(8-11-28-24)6-7-20-16-30-34-33-20/h3-5,8-15H,6-7,16H2,1-2H3,(H,28,29,32). The Morgan fingerprint density at radius 2 is 1.74 bits per heavy atom. The summed E-state index contributed by atoms with van der Waals surface area (Å²) in [4.78, 5) is 18.0. The highest BCUT2D eigenvalue weighted by atomic mass is 16.5. The molecule has 5 heterocycles. The number of hydrogen-bond acceptors (Lipinski definition) is 9. The van der Waals surface area contributed by atoms with Crippen LogP contribution in [0.4, 0.5) is 11.6 Å². The van der Waals surface area contributed by atoms with Crippen molar-refractivity contribution in [2.45, 2.75) is 26.7 Å². The zero-order valence-corrected chi connectivity index (χ0v) is 19.5. The van der Waals surface area contributed by atoms with Crippen LogP contribution in [-0.4, -0.2) is 32.2 Å². The first-order valence-corrected chi connectivity index (χ1v) is 11.3. The molecule has 0 saturated heterocycles. The molecule has 0 aromatic carbocycles. The van der Waals surface area contributed by atoms with Gasteiger partial charge in [-0.1, -0.05) is 6.07 Å². The van der Waals surface area contributed by atoms with E-state index >= 15 is 0 Å². The summed E-state index contributed by atoms with van der Waals surface area (Å²) < 4.78 is 6.26. The Morgan fingerprint density at radius 3 is 2.54 bits per heavy atom. The van der Waals surface area contributed by atoms with Crippen molar-refractivity contribution < 1.29 is 4.74 Å². The number of aromatic nitrogens is 4. The SMILES string of the molecule is Cc1cc(Oc2ccnc(Nc3cc(CCC4=NN=NC4)ccn3)c2)c(-c2ccccn2)nc1C. The molecule has 1 aliphatic heterocycles. The van der Waals surface area contributed by atoms with Gasteiger partial charge in [0, 0.05) is 30.4 Å². The molecule has 0 fully saturated rings. The highest BCUT2D eigenvalue weighted by molar-refractivity contribution is 5.87. The summed E-state index contributed by atoms with van der Waals surface area (Å²) in [7, 11) is 0. The average molecular weight is 465 g/mol. The molecule has 0 amide bonds. The van der Waals surface area contributed by atoms with Crippen molar-refractivity contribution in [1.82, 2.24) is 19.9 Å². The number of nitrogens with zero attached hydrogens (tertiary/aromatic N) is 7. The average Bonchev–Trinajstić information content (AvgIpc) is 3.40. The van der Waals surface area contributed by atoms with E-state index in [1.807, 2.05) is 62.4 Å². The van der Waals surface area contributed by atoms with Gasteiger partial charge in [-0.2, -0.15) is 5.11 Å². The van der Waals surface area contributed by atoms with E-state index in [4.69, 9.17) is 9.72 Å². The van der Waals surface area contributed by atoms with Crippen molar-refractivity contribution in [2.75, 3.05) is 11.9 Å². The van der Waals surface area contributed by atoms with Crippen molar-refractivity contribution in [3.63, 3.8) is 0 Å². The Kier molecular flexibility index (Phi) is 6.47. The normalized spacial score (nSPS) is 12.5. The molecule has 0 unspecified atom stereocenters. The Labute approximate surface area is 203 Å². The van der Waals surface area contributed by atoms with Crippen molar-refractivity contribution in [3.8, 4) is 22.9 Å². The molecule has 9 nitrogen and oxygen atoms in total. The molecule has 0 aliphatic carbocycles. The third-order valence-corrected chi connectivity index (χ3v) is 5.58. The molecule has 0 atom stereocenters. The predicted molar refractivity (Wildman–Crippen MR) is 134 cm³/mol. The third-order valence-electron chi connectivity index (χ3n) is 5.58. The minimum Gasteiger partial charge on any atom is -0.455 e. The van der Waals surface area contributed by atoms with Gasteiger partial charge in [-0.15, -0.1) is 5.10 Å². The second-order valence-corrected chi connectivity index (χ2v) is 8.16. The molecule has 9 heteroatoms. The molecule has 4 aromatic heterocycles. The van der Waals surface area contributed by atoms with Gasteiger partial charge in [0.05, 0.1) is 11.4 Å². The quantitative estimate of drug-likeness (QED) is 0.351. The Morgan fingerprint density at radius 1 is 0.886 bits per heavy atom.